The topological polar surface area (TPSA) is 345 Å². The fourth-order valence-corrected chi connectivity index (χ4v) is 13.6. The summed E-state index contributed by atoms with van der Waals surface area (Å²) in [6.07, 6.45) is -10.3. The fourth-order valence-electron chi connectivity index (χ4n) is 13.6. The summed E-state index contributed by atoms with van der Waals surface area (Å²) in [6, 6.07) is 7.60. The highest BCUT2D eigenvalue weighted by molar-refractivity contribution is 6.32. The van der Waals surface area contributed by atoms with E-state index in [0.29, 0.717) is 0 Å². The van der Waals surface area contributed by atoms with Gasteiger partial charge in [-0.2, -0.15) is 0 Å². The van der Waals surface area contributed by atoms with Crippen LogP contribution in [0.4, 0.5) is 0 Å². The molecule has 0 amide bonds. The van der Waals surface area contributed by atoms with Crippen molar-refractivity contribution in [3.63, 3.8) is 0 Å². The van der Waals surface area contributed by atoms with Gasteiger partial charge in [0.1, 0.15) is 84.6 Å². The molecular formula is C57H58N2O22. The Kier molecular flexibility index (Phi) is 13.5. The molecule has 14 atom stereocenters. The minimum absolute atomic E-state index is 0.0188. The van der Waals surface area contributed by atoms with E-state index in [-0.39, 0.29) is 89.0 Å². The molecule has 4 aliphatic carbocycles. The molecule has 4 saturated heterocycles. The van der Waals surface area contributed by atoms with Gasteiger partial charge in [-0.05, 0) is 26.0 Å². The van der Waals surface area contributed by atoms with Crippen LogP contribution in [0.3, 0.4) is 0 Å². The third-order valence-electron chi connectivity index (χ3n) is 17.6. The molecule has 8 aliphatic rings. The highest BCUT2D eigenvalue weighted by Gasteiger charge is 2.55. The van der Waals surface area contributed by atoms with Crippen molar-refractivity contribution in [2.24, 2.45) is 0 Å². The van der Waals surface area contributed by atoms with Crippen molar-refractivity contribution in [3.8, 4) is 34.5 Å². The number of hydrogen-bond donors (Lipinski definition) is 8. The maximum Gasteiger partial charge on any atom is 0.202 e. The summed E-state index contributed by atoms with van der Waals surface area (Å²) in [4.78, 5) is 87.2. The van der Waals surface area contributed by atoms with Crippen LogP contribution in [0.5, 0.6) is 34.5 Å². The van der Waals surface area contributed by atoms with Crippen LogP contribution >= 0.6 is 0 Å². The number of Topliss-reactive ketones (excluding diaryl/α,β-unsaturated/α-hetero) is 2. The van der Waals surface area contributed by atoms with Crippen LogP contribution in [0.1, 0.15) is 138 Å². The summed E-state index contributed by atoms with van der Waals surface area (Å²) in [5, 5.41) is 91.9. The Bertz CT molecular complexity index is 3180. The van der Waals surface area contributed by atoms with E-state index in [2.05, 4.69) is 0 Å². The zero-order valence-corrected chi connectivity index (χ0v) is 44.2. The third kappa shape index (κ3) is 8.32. The van der Waals surface area contributed by atoms with Crippen molar-refractivity contribution in [2.75, 3.05) is 47.6 Å². The lowest BCUT2D eigenvalue weighted by Gasteiger charge is -2.46. The number of nitrogens with zero attached hydrogens (tertiary/aromatic N) is 2. The summed E-state index contributed by atoms with van der Waals surface area (Å²) in [5.41, 5.74) is -8.18. The number of hydrogen-bond acceptors (Lipinski definition) is 24. The number of aromatic hydroxyl groups is 4. The number of aliphatic hydroxyl groups excluding tert-OH is 2. The molecule has 428 valence electrons. The van der Waals surface area contributed by atoms with Crippen molar-refractivity contribution in [1.29, 1.82) is 0 Å². The average molecular weight is 1120 g/mol. The highest BCUT2D eigenvalue weighted by Crippen LogP contribution is 2.55. The number of methoxy groups -OCH3 is 2. The lowest BCUT2D eigenvalue weighted by atomic mass is 9.72. The van der Waals surface area contributed by atoms with Crippen molar-refractivity contribution >= 4 is 34.7 Å². The number of benzene rings is 4. The van der Waals surface area contributed by atoms with Crippen LogP contribution in [-0.2, 0) is 50.9 Å². The summed E-state index contributed by atoms with van der Waals surface area (Å²) >= 11 is 0. The number of phenols is 4. The molecule has 2 unspecified atom stereocenters. The maximum absolute atomic E-state index is 14.3. The van der Waals surface area contributed by atoms with Gasteiger partial charge in [-0.1, -0.05) is 24.3 Å². The molecule has 4 aromatic carbocycles. The molecule has 0 aromatic heterocycles. The van der Waals surface area contributed by atoms with Gasteiger partial charge in [0, 0.05) is 84.0 Å². The minimum atomic E-state index is -2.38. The first kappa shape index (κ1) is 54.8. The zero-order chi connectivity index (χ0) is 57.5. The SMILES string of the molecule is COc1cccc2c1C(=O)c1c(O)c3c(c(O)c1C2=O)C[C@@](O)(C(=O)CO)C[C@@H]3O[C@H]1C[C@H]2[C@@H](OCN3CN2CO[C@H]2[C@H](C)O[C@@H](O[C@H]4C[C@](O)(C(=O)CO)Cc5c(O)c6c(c(O)c54)C(=O)c4c(OC)cccc4C6=O)C[C@@H]23)[C@H](C)O1. The van der Waals surface area contributed by atoms with Crippen LogP contribution in [0, 0.1) is 0 Å². The molecule has 4 aliphatic heterocycles. The molecule has 0 spiro atoms. The van der Waals surface area contributed by atoms with Crippen LogP contribution in [-0.4, -0.2) is 193 Å². The predicted molar refractivity (Wildman–Crippen MR) is 271 cm³/mol. The predicted octanol–water partition coefficient (Wildman–Crippen LogP) is 1.65. The number of carbonyl (C=O) groups is 6. The molecule has 81 heavy (non-hydrogen) atoms. The molecule has 24 nitrogen and oxygen atoms in total. The largest absolute Gasteiger partial charge is 0.507 e. The Balaban J connectivity index is 0.823. The lowest BCUT2D eigenvalue weighted by Crippen LogP contribution is -2.57. The van der Waals surface area contributed by atoms with Crippen molar-refractivity contribution in [2.45, 2.75) is 125 Å². The van der Waals surface area contributed by atoms with Crippen LogP contribution in [0.2, 0.25) is 0 Å². The molecule has 0 radical (unpaired) electrons. The molecule has 4 fully saturated rings. The number of phenolic OH excluding ortho intramolecular Hbond substituents is 4. The van der Waals surface area contributed by atoms with Gasteiger partial charge in [0.25, 0.3) is 0 Å². The van der Waals surface area contributed by atoms with Gasteiger partial charge in [0.15, 0.2) is 35.7 Å². The molecular weight excluding hydrogens is 1060 g/mol. The van der Waals surface area contributed by atoms with Gasteiger partial charge in [-0.15, -0.1) is 0 Å². The molecule has 12 rings (SSSR count). The first-order valence-corrected chi connectivity index (χ1v) is 26.5. The van der Waals surface area contributed by atoms with Crippen molar-refractivity contribution < 1.29 is 108 Å². The Hall–Kier alpha value is -6.78. The molecule has 24 heteroatoms. The standard InChI is InChI=1S/C57H58N2O22/c1-22-54-28(11-36(78-22)80-32-15-56(72,34(62)17-60)13-26-40(32)52(70)44-42(48(26)66)46(64)24-7-5-9-30(74-3)38(24)50(44)68)58-19-59(20-76-54)29-12-37(79-23(2)55(29)77-21-58)81-33-16-57(73,35(63)18-61)14-27-41(33)53(71)45-43(49(27)67)47(65)25-8-6-10-31(75-4)39(25)51(45)69/h5-10,22-23,28-29,32-33,36-37,54-55,60-61,66-67,70-73H,11-21H2,1-4H3/t22-,23-,28-,29-,32-,33-,36-,37-,54-,55-,56-,57-/m0/s1. The summed E-state index contributed by atoms with van der Waals surface area (Å²) in [6.45, 7) is 1.56. The van der Waals surface area contributed by atoms with E-state index in [1.807, 2.05) is 9.80 Å². The zero-order valence-electron chi connectivity index (χ0n) is 44.2. The van der Waals surface area contributed by atoms with Gasteiger partial charge in [0.2, 0.25) is 11.6 Å². The number of ether oxygens (including phenoxy) is 8. The van der Waals surface area contributed by atoms with E-state index >= 15 is 0 Å². The molecule has 0 saturated carbocycles. The fraction of sp³-hybridized carbons (Fsp3) is 0.474. The molecule has 2 bridgehead atoms. The van der Waals surface area contributed by atoms with E-state index in [9.17, 15) is 69.6 Å². The van der Waals surface area contributed by atoms with E-state index < -0.39 is 191 Å². The highest BCUT2D eigenvalue weighted by atomic mass is 16.7. The van der Waals surface area contributed by atoms with Crippen LogP contribution in [0.25, 0.3) is 0 Å². The Labute approximate surface area is 460 Å². The molecule has 8 N–H and O–H groups in total. The van der Waals surface area contributed by atoms with E-state index in [1.165, 1.54) is 50.6 Å². The van der Waals surface area contributed by atoms with Gasteiger partial charge in [0.05, 0.1) is 78.7 Å². The van der Waals surface area contributed by atoms with Gasteiger partial charge < -0.3 is 78.7 Å². The second kappa shape index (κ2) is 20.0. The van der Waals surface area contributed by atoms with Crippen molar-refractivity contribution in [3.05, 3.63) is 103 Å². The van der Waals surface area contributed by atoms with Gasteiger partial charge in [-0.3, -0.25) is 38.6 Å². The third-order valence-corrected chi connectivity index (χ3v) is 17.6. The summed E-state index contributed by atoms with van der Waals surface area (Å²) in [7, 11) is 2.62. The maximum atomic E-state index is 14.3. The van der Waals surface area contributed by atoms with Gasteiger partial charge >= 0.3 is 0 Å². The molecule has 4 aromatic rings. The second-order valence-electron chi connectivity index (χ2n) is 22.0. The Morgan fingerprint density at radius 1 is 0.580 bits per heavy atom. The van der Waals surface area contributed by atoms with E-state index in [4.69, 9.17) is 37.9 Å². The van der Waals surface area contributed by atoms with E-state index in [0.717, 1.165) is 0 Å². The second-order valence-corrected chi connectivity index (χ2v) is 22.0. The van der Waals surface area contributed by atoms with Gasteiger partial charge in [-0.25, -0.2) is 0 Å². The first-order valence-electron chi connectivity index (χ1n) is 26.5. The molecule has 4 heterocycles. The van der Waals surface area contributed by atoms with Crippen molar-refractivity contribution in [1.82, 2.24) is 9.80 Å². The first-order chi connectivity index (χ1) is 38.7. The number of fused-ring (bicyclic) bond motifs is 12. The number of rotatable bonds is 10. The smallest absolute Gasteiger partial charge is 0.202 e. The number of aliphatic hydroxyl groups is 4. The lowest BCUT2D eigenvalue weighted by molar-refractivity contribution is -0.280. The quantitative estimate of drug-likeness (QED) is 0.0904. The van der Waals surface area contributed by atoms with Crippen LogP contribution in [0.15, 0.2) is 36.4 Å². The normalized spacial score (nSPS) is 32.7. The summed E-state index contributed by atoms with van der Waals surface area (Å²) < 4.78 is 50.2. The Morgan fingerprint density at radius 3 is 1.33 bits per heavy atom. The van der Waals surface area contributed by atoms with E-state index in [1.54, 1.807) is 13.8 Å². The summed E-state index contributed by atoms with van der Waals surface area (Å²) in [5.74, 6) is -8.20. The van der Waals surface area contributed by atoms with Crippen LogP contribution < -0.4 is 9.47 Å². The average Bonchev–Trinajstić information content (AvgIpc) is 2.42. The number of ketones is 6. The monoisotopic (exact) mass is 1120 g/mol. The minimum Gasteiger partial charge on any atom is -0.507 e. The number of carbonyl (C=O) groups excluding carboxylic acids is 6. The Morgan fingerprint density at radius 2 is 0.963 bits per heavy atom.